The third-order valence-corrected chi connectivity index (χ3v) is 4.98. The Morgan fingerprint density at radius 3 is 2.42 bits per heavy atom. The molecule has 6 heteroatoms. The van der Waals surface area contributed by atoms with Crippen LogP contribution in [-0.4, -0.2) is 31.9 Å². The second-order valence-corrected chi connectivity index (χ2v) is 7.50. The Balaban J connectivity index is 1.50. The molecule has 0 fully saturated rings. The van der Waals surface area contributed by atoms with Gasteiger partial charge in [0, 0.05) is 12.0 Å². The van der Waals surface area contributed by atoms with Crippen LogP contribution < -0.4 is 19.6 Å². The van der Waals surface area contributed by atoms with E-state index >= 15 is 0 Å². The van der Waals surface area contributed by atoms with Crippen LogP contribution in [0.4, 0.5) is 0 Å². The normalized spacial score (nSPS) is 10.8. The van der Waals surface area contributed by atoms with E-state index in [9.17, 15) is 4.79 Å². The van der Waals surface area contributed by atoms with Crippen LogP contribution in [0.15, 0.2) is 71.8 Å². The molecule has 0 spiro atoms. The number of amides is 1. The zero-order valence-electron chi connectivity index (χ0n) is 19.3. The summed E-state index contributed by atoms with van der Waals surface area (Å²) in [6.45, 7) is 7.66. The van der Waals surface area contributed by atoms with E-state index in [0.717, 1.165) is 17.7 Å². The van der Waals surface area contributed by atoms with E-state index in [1.807, 2.05) is 43.3 Å². The molecule has 0 unspecified atom stereocenters. The number of aryl methyl sites for hydroxylation is 2. The molecule has 0 radical (unpaired) electrons. The van der Waals surface area contributed by atoms with Crippen LogP contribution in [0.2, 0.25) is 0 Å². The van der Waals surface area contributed by atoms with Gasteiger partial charge in [-0.05, 0) is 79.9 Å². The molecule has 0 aromatic heterocycles. The molecule has 33 heavy (non-hydrogen) atoms. The molecule has 0 saturated heterocycles. The van der Waals surface area contributed by atoms with E-state index in [-0.39, 0.29) is 5.91 Å². The molecule has 1 N–H and O–H groups in total. The Hall–Kier alpha value is -3.80. The summed E-state index contributed by atoms with van der Waals surface area (Å²) in [5.41, 5.74) is 6.33. The van der Waals surface area contributed by atoms with Gasteiger partial charge in [-0.3, -0.25) is 4.79 Å². The topological polar surface area (TPSA) is 69.2 Å². The fraction of sp³-hybridized carbons (Fsp3) is 0.259. The standard InChI is InChI=1S/C27H30N2O4/c1-4-31-26-18-22(19-28-29-27(30)23-9-6-5-7-10-23)12-14-25(26)33-16-8-15-32-24-13-11-20(2)21(3)17-24/h5-7,9-14,17-19H,4,8,15-16H2,1-3H3,(H,29,30)/b28-19+. The third-order valence-electron chi connectivity index (χ3n) is 4.98. The van der Waals surface area contributed by atoms with Crippen LogP contribution >= 0.6 is 0 Å². The van der Waals surface area contributed by atoms with Gasteiger partial charge in [0.1, 0.15) is 5.75 Å². The van der Waals surface area contributed by atoms with Gasteiger partial charge in [-0.15, -0.1) is 0 Å². The number of hydrogen-bond donors (Lipinski definition) is 1. The first kappa shape index (κ1) is 23.9. The summed E-state index contributed by atoms with van der Waals surface area (Å²) in [5, 5.41) is 4.04. The van der Waals surface area contributed by atoms with Crippen LogP contribution in [-0.2, 0) is 0 Å². The molecule has 6 nitrogen and oxygen atoms in total. The molecule has 1 amide bonds. The fourth-order valence-electron chi connectivity index (χ4n) is 3.05. The molecule has 0 saturated carbocycles. The molecule has 3 aromatic rings. The summed E-state index contributed by atoms with van der Waals surface area (Å²) in [6, 6.07) is 20.6. The maximum atomic E-state index is 12.1. The Labute approximate surface area is 195 Å². The van der Waals surface area contributed by atoms with Gasteiger partial charge in [0.25, 0.3) is 5.91 Å². The van der Waals surface area contributed by atoms with Gasteiger partial charge in [0.15, 0.2) is 11.5 Å². The number of ether oxygens (including phenoxy) is 3. The molecule has 0 heterocycles. The van der Waals surface area contributed by atoms with Crippen molar-refractivity contribution >= 4 is 12.1 Å². The second-order valence-electron chi connectivity index (χ2n) is 7.50. The maximum Gasteiger partial charge on any atom is 0.271 e. The van der Waals surface area contributed by atoms with Crippen LogP contribution in [0.3, 0.4) is 0 Å². The predicted molar refractivity (Wildman–Crippen MR) is 131 cm³/mol. The molecule has 172 valence electrons. The van der Waals surface area contributed by atoms with Crippen molar-refractivity contribution in [1.82, 2.24) is 5.43 Å². The van der Waals surface area contributed by atoms with Crippen molar-refractivity contribution in [2.45, 2.75) is 27.2 Å². The van der Waals surface area contributed by atoms with Crippen LogP contribution in [0.5, 0.6) is 17.2 Å². The van der Waals surface area contributed by atoms with E-state index in [0.29, 0.717) is 36.9 Å². The molecule has 0 aliphatic rings. The Morgan fingerprint density at radius 1 is 0.879 bits per heavy atom. The Bertz CT molecular complexity index is 1080. The van der Waals surface area contributed by atoms with E-state index in [1.54, 1.807) is 30.5 Å². The highest BCUT2D eigenvalue weighted by atomic mass is 16.5. The van der Waals surface area contributed by atoms with Crippen LogP contribution in [0.25, 0.3) is 0 Å². The molecule has 3 rings (SSSR count). The number of carbonyl (C=O) groups is 1. The summed E-state index contributed by atoms with van der Waals surface area (Å²) in [6.07, 6.45) is 2.32. The Morgan fingerprint density at radius 2 is 1.67 bits per heavy atom. The monoisotopic (exact) mass is 446 g/mol. The summed E-state index contributed by atoms with van der Waals surface area (Å²) in [7, 11) is 0. The lowest BCUT2D eigenvalue weighted by molar-refractivity contribution is 0.0955. The quantitative estimate of drug-likeness (QED) is 0.246. The number of rotatable bonds is 11. The van der Waals surface area contributed by atoms with Crippen molar-refractivity contribution in [3.8, 4) is 17.2 Å². The van der Waals surface area contributed by atoms with Gasteiger partial charge in [-0.1, -0.05) is 24.3 Å². The first-order valence-electron chi connectivity index (χ1n) is 11.0. The molecular formula is C27H30N2O4. The molecule has 0 aliphatic carbocycles. The van der Waals surface area contributed by atoms with Gasteiger partial charge in [-0.25, -0.2) is 5.43 Å². The zero-order valence-corrected chi connectivity index (χ0v) is 19.3. The van der Waals surface area contributed by atoms with Crippen LogP contribution in [0, 0.1) is 13.8 Å². The SMILES string of the molecule is CCOc1cc(/C=N/NC(=O)c2ccccc2)ccc1OCCCOc1ccc(C)c(C)c1. The minimum absolute atomic E-state index is 0.264. The number of hydrazone groups is 1. The van der Waals surface area contributed by atoms with Crippen molar-refractivity contribution < 1.29 is 19.0 Å². The number of hydrogen-bond acceptors (Lipinski definition) is 5. The van der Waals surface area contributed by atoms with E-state index < -0.39 is 0 Å². The number of nitrogens with one attached hydrogen (secondary N) is 1. The zero-order chi connectivity index (χ0) is 23.5. The minimum atomic E-state index is -0.264. The van der Waals surface area contributed by atoms with Gasteiger partial charge in [-0.2, -0.15) is 5.10 Å². The van der Waals surface area contributed by atoms with Gasteiger partial charge in [0.05, 0.1) is 26.0 Å². The van der Waals surface area contributed by atoms with Crippen molar-refractivity contribution in [3.05, 3.63) is 89.0 Å². The average Bonchev–Trinajstić information content (AvgIpc) is 2.83. The van der Waals surface area contributed by atoms with Gasteiger partial charge in [0.2, 0.25) is 0 Å². The highest BCUT2D eigenvalue weighted by molar-refractivity contribution is 5.94. The lowest BCUT2D eigenvalue weighted by atomic mass is 10.1. The largest absolute Gasteiger partial charge is 0.493 e. The Kier molecular flexibility index (Phi) is 8.88. The predicted octanol–water partition coefficient (Wildman–Crippen LogP) is 5.31. The van der Waals surface area contributed by atoms with Gasteiger partial charge >= 0.3 is 0 Å². The second kappa shape index (κ2) is 12.3. The molecule has 0 aliphatic heterocycles. The van der Waals surface area contributed by atoms with E-state index in [4.69, 9.17) is 14.2 Å². The fourth-order valence-corrected chi connectivity index (χ4v) is 3.05. The molecule has 3 aromatic carbocycles. The minimum Gasteiger partial charge on any atom is -0.493 e. The van der Waals surface area contributed by atoms with Crippen molar-refractivity contribution in [2.24, 2.45) is 5.10 Å². The van der Waals surface area contributed by atoms with E-state index in [2.05, 4.69) is 30.4 Å². The average molecular weight is 447 g/mol. The van der Waals surface area contributed by atoms with Crippen molar-refractivity contribution in [1.29, 1.82) is 0 Å². The van der Waals surface area contributed by atoms with Crippen LogP contribution in [0.1, 0.15) is 40.4 Å². The van der Waals surface area contributed by atoms with Gasteiger partial charge < -0.3 is 14.2 Å². The number of benzene rings is 3. The van der Waals surface area contributed by atoms with E-state index in [1.165, 1.54) is 11.1 Å². The summed E-state index contributed by atoms with van der Waals surface area (Å²) >= 11 is 0. The lowest BCUT2D eigenvalue weighted by Crippen LogP contribution is -2.17. The maximum absolute atomic E-state index is 12.1. The summed E-state index contributed by atoms with van der Waals surface area (Å²) in [5.74, 6) is 1.90. The smallest absolute Gasteiger partial charge is 0.271 e. The van der Waals surface area contributed by atoms with Crippen molar-refractivity contribution in [2.75, 3.05) is 19.8 Å². The lowest BCUT2D eigenvalue weighted by Gasteiger charge is -2.13. The molecule has 0 bridgehead atoms. The first-order valence-corrected chi connectivity index (χ1v) is 11.0. The number of nitrogens with zero attached hydrogens (tertiary/aromatic N) is 1. The molecule has 0 atom stereocenters. The highest BCUT2D eigenvalue weighted by Crippen LogP contribution is 2.28. The number of carbonyl (C=O) groups excluding carboxylic acids is 1. The summed E-state index contributed by atoms with van der Waals surface area (Å²) < 4.78 is 17.4. The summed E-state index contributed by atoms with van der Waals surface area (Å²) in [4.78, 5) is 12.1. The first-order chi connectivity index (χ1) is 16.1. The molecular weight excluding hydrogens is 416 g/mol. The van der Waals surface area contributed by atoms with Crippen molar-refractivity contribution in [3.63, 3.8) is 0 Å². The highest BCUT2D eigenvalue weighted by Gasteiger charge is 2.07. The third kappa shape index (κ3) is 7.38.